The summed E-state index contributed by atoms with van der Waals surface area (Å²) in [5, 5.41) is 4.86. The van der Waals surface area contributed by atoms with E-state index < -0.39 is 0 Å². The highest BCUT2D eigenvalue weighted by atomic mass is 32.1. The minimum Gasteiger partial charge on any atom is -0.143 e. The second-order valence-corrected chi connectivity index (χ2v) is 34.0. The summed E-state index contributed by atoms with van der Waals surface area (Å²) in [4.78, 5) is 21.6. The average Bonchev–Trinajstić information content (AvgIpc) is 1.74. The summed E-state index contributed by atoms with van der Waals surface area (Å²) < 4.78 is 0. The highest BCUT2D eigenvalue weighted by molar-refractivity contribution is 7.31. The van der Waals surface area contributed by atoms with Gasteiger partial charge in [0.05, 0.1) is 0 Å². The molecule has 0 radical (unpaired) electrons. The predicted molar refractivity (Wildman–Crippen MR) is 412 cm³/mol. The maximum absolute atomic E-state index is 2.72. The molecule has 8 aromatic rings. The van der Waals surface area contributed by atoms with Gasteiger partial charge in [-0.05, 0) is 207 Å². The van der Waals surface area contributed by atoms with Crippen molar-refractivity contribution in [3.63, 3.8) is 0 Å². The van der Waals surface area contributed by atoms with Gasteiger partial charge in [-0.15, -0.1) is 90.7 Å². The molecule has 8 aromatic heterocycles. The SMILES string of the molecule is CCCCCCc1csc(-c2sc(-c3sc(-c4sc(-c5sc(-c6sc(-c7sc(-c8sccc8CCCCCC)cc7CCCCCC)cc6CCCCCC)cc5CCCCCC)cc4CCCCCC)cc3CCCCCC)cc2CCCCCC)c1.[HH]. The number of hydrogen-bond acceptors (Lipinski definition) is 8. The first-order valence-electron chi connectivity index (χ1n) is 36.3. The third-order valence-corrected chi connectivity index (χ3v) is 28.5. The zero-order valence-corrected chi connectivity index (χ0v) is 62.9. The van der Waals surface area contributed by atoms with E-state index in [-0.39, 0.29) is 1.43 Å². The summed E-state index contributed by atoms with van der Waals surface area (Å²) in [5.74, 6) is 0. The molecule has 0 aliphatic rings. The lowest BCUT2D eigenvalue weighted by atomic mass is 10.0. The van der Waals surface area contributed by atoms with E-state index in [1.54, 1.807) is 73.8 Å². The summed E-state index contributed by atoms with van der Waals surface area (Å²) in [6.07, 6.45) is 51.3. The Morgan fingerprint density at radius 1 is 0.227 bits per heavy atom. The number of unbranched alkanes of at least 4 members (excludes halogenated alkanes) is 24. The van der Waals surface area contributed by atoms with Gasteiger partial charge >= 0.3 is 0 Å². The maximum atomic E-state index is 2.72. The van der Waals surface area contributed by atoms with Gasteiger partial charge in [-0.25, -0.2) is 0 Å². The number of aryl methyl sites for hydroxylation is 8. The van der Waals surface area contributed by atoms with Crippen molar-refractivity contribution in [1.82, 2.24) is 0 Å². The minimum absolute atomic E-state index is 0. The van der Waals surface area contributed by atoms with E-state index in [9.17, 15) is 0 Å². The van der Waals surface area contributed by atoms with Crippen molar-refractivity contribution in [2.75, 3.05) is 0 Å². The van der Waals surface area contributed by atoms with Crippen molar-refractivity contribution in [2.45, 2.75) is 312 Å². The van der Waals surface area contributed by atoms with Gasteiger partial charge in [0, 0.05) is 69.7 Å². The van der Waals surface area contributed by atoms with Crippen molar-refractivity contribution >= 4 is 90.7 Å². The summed E-state index contributed by atoms with van der Waals surface area (Å²) in [7, 11) is 0. The van der Waals surface area contributed by atoms with Crippen LogP contribution >= 0.6 is 90.7 Å². The van der Waals surface area contributed by atoms with Crippen LogP contribution < -0.4 is 0 Å². The van der Waals surface area contributed by atoms with Crippen molar-refractivity contribution in [3.8, 4) is 68.3 Å². The molecule has 0 aliphatic heterocycles. The van der Waals surface area contributed by atoms with Crippen LogP contribution in [0.1, 0.15) is 307 Å². The molecule has 88 heavy (non-hydrogen) atoms. The fourth-order valence-corrected chi connectivity index (χ4v) is 23.1. The largest absolute Gasteiger partial charge is 0.143 e. The molecule has 0 spiro atoms. The van der Waals surface area contributed by atoms with Gasteiger partial charge in [-0.2, -0.15) is 0 Å². The van der Waals surface area contributed by atoms with Crippen LogP contribution in [-0.4, -0.2) is 0 Å². The molecule has 8 heteroatoms. The third kappa shape index (κ3) is 21.1. The number of thiophene rings is 8. The third-order valence-electron chi connectivity index (χ3n) is 18.2. The maximum Gasteiger partial charge on any atom is 0.0481 e. The lowest BCUT2D eigenvalue weighted by molar-refractivity contribution is 0.667. The summed E-state index contributed by atoms with van der Waals surface area (Å²) in [6, 6.07) is 21.2. The predicted octanol–water partition coefficient (Wildman–Crippen LogP) is 31.1. The van der Waals surface area contributed by atoms with Crippen LogP contribution in [0.15, 0.2) is 59.3 Å². The van der Waals surface area contributed by atoms with Crippen molar-refractivity contribution in [1.29, 1.82) is 0 Å². The molecule has 8 heterocycles. The van der Waals surface area contributed by atoms with Crippen molar-refractivity contribution in [3.05, 3.63) is 104 Å². The molecule has 0 saturated carbocycles. The summed E-state index contributed by atoms with van der Waals surface area (Å²) in [6.45, 7) is 18.8. The minimum atomic E-state index is 0. The van der Waals surface area contributed by atoms with E-state index in [1.165, 1.54) is 296 Å². The Balaban J connectivity index is 0.0000113. The van der Waals surface area contributed by atoms with E-state index in [0.29, 0.717) is 0 Å². The number of hydrogen-bond donors (Lipinski definition) is 0. The Morgan fingerprint density at radius 3 is 0.739 bits per heavy atom. The smallest absolute Gasteiger partial charge is 0.0481 e. The van der Waals surface area contributed by atoms with E-state index >= 15 is 0 Å². The zero-order chi connectivity index (χ0) is 61.7. The standard InChI is InChI=1S/C80H114S8.H2/c1-9-17-25-33-41-59-51-67(82-58-59)75-61(43-35-27-19-11-3)53-69(84-75)77-63(45-37-29-21-13-5)55-71(86-77)79-65(47-39-31-23-15-7)57-73(88-79)80-66(48-40-32-24-16-8)56-72(87-80)78-64(46-38-30-22-14-6)54-70(85-78)76-62(44-36-28-20-12-4)52-68(83-76)74-60(49-50-81-74)42-34-26-18-10-2;/h49-58H,9-48H2,1-8H3;1H. The van der Waals surface area contributed by atoms with Gasteiger partial charge in [0.25, 0.3) is 0 Å². The molecule has 0 aliphatic carbocycles. The molecule has 0 amide bonds. The van der Waals surface area contributed by atoms with Crippen molar-refractivity contribution < 1.29 is 1.43 Å². The quantitative estimate of drug-likeness (QED) is 0.0334. The molecular formula is C80H116S8. The Labute approximate surface area is 571 Å². The van der Waals surface area contributed by atoms with Gasteiger partial charge in [0.1, 0.15) is 0 Å². The second-order valence-electron chi connectivity index (χ2n) is 25.9. The lowest BCUT2D eigenvalue weighted by Crippen LogP contribution is -1.87. The van der Waals surface area contributed by atoms with Crippen LogP contribution in [0.5, 0.6) is 0 Å². The summed E-state index contributed by atoms with van der Waals surface area (Å²) >= 11 is 16.9. The Morgan fingerprint density at radius 2 is 0.466 bits per heavy atom. The second kappa shape index (κ2) is 40.0. The fraction of sp³-hybridized carbons (Fsp3) is 0.600. The van der Waals surface area contributed by atoms with Gasteiger partial charge in [0.15, 0.2) is 0 Å². The first-order valence-corrected chi connectivity index (χ1v) is 42.9. The highest BCUT2D eigenvalue weighted by Gasteiger charge is 2.26. The van der Waals surface area contributed by atoms with Crippen LogP contribution in [0.2, 0.25) is 0 Å². The Hall–Kier alpha value is -2.40. The topological polar surface area (TPSA) is 0 Å². The van der Waals surface area contributed by atoms with E-state index in [0.717, 1.165) is 0 Å². The van der Waals surface area contributed by atoms with Crippen LogP contribution in [0, 0.1) is 0 Å². The van der Waals surface area contributed by atoms with Crippen LogP contribution in [0.4, 0.5) is 0 Å². The fourth-order valence-electron chi connectivity index (χ4n) is 12.9. The van der Waals surface area contributed by atoms with Gasteiger partial charge in [-0.1, -0.05) is 209 Å². The van der Waals surface area contributed by atoms with Gasteiger partial charge < -0.3 is 0 Å². The van der Waals surface area contributed by atoms with Crippen molar-refractivity contribution in [2.24, 2.45) is 0 Å². The monoisotopic (exact) mass is 1330 g/mol. The Bertz CT molecular complexity index is 3180. The van der Waals surface area contributed by atoms with E-state index in [4.69, 9.17) is 0 Å². The Kier molecular flexibility index (Phi) is 32.5. The van der Waals surface area contributed by atoms with Crippen LogP contribution in [0.25, 0.3) is 68.3 Å². The van der Waals surface area contributed by atoms with Gasteiger partial charge in [0.2, 0.25) is 0 Å². The molecule has 0 atom stereocenters. The molecule has 0 bridgehead atoms. The molecule has 484 valence electrons. The molecule has 0 N–H and O–H groups in total. The lowest BCUT2D eigenvalue weighted by Gasteiger charge is -2.02. The molecule has 0 saturated heterocycles. The van der Waals surface area contributed by atoms with E-state index in [1.807, 2.05) is 22.7 Å². The highest BCUT2D eigenvalue weighted by Crippen LogP contribution is 2.54. The zero-order valence-electron chi connectivity index (χ0n) is 56.3. The first kappa shape index (κ1) is 71.4. The first-order chi connectivity index (χ1) is 43.3. The van der Waals surface area contributed by atoms with Gasteiger partial charge in [-0.3, -0.25) is 0 Å². The van der Waals surface area contributed by atoms with E-state index in [2.05, 4.69) is 183 Å². The molecule has 0 nitrogen and oxygen atoms in total. The molecule has 8 rings (SSSR count). The molecule has 0 fully saturated rings. The molecule has 0 aromatic carbocycles. The molecular weight excluding hydrogens is 1220 g/mol. The average molecular weight is 1330 g/mol. The summed E-state index contributed by atoms with van der Waals surface area (Å²) in [5.41, 5.74) is 12.7. The van der Waals surface area contributed by atoms with Crippen LogP contribution in [-0.2, 0) is 51.4 Å². The molecule has 0 unspecified atom stereocenters. The van der Waals surface area contributed by atoms with Crippen LogP contribution in [0.3, 0.4) is 0 Å². The number of rotatable bonds is 47. The normalized spacial score (nSPS) is 11.9.